The van der Waals surface area contributed by atoms with E-state index in [2.05, 4.69) is 64.2 Å². The topological polar surface area (TPSA) is 35.2 Å². The third-order valence-electron chi connectivity index (χ3n) is 4.75. The molecule has 124 valence electrons. The number of aryl methyl sites for hydroxylation is 1. The van der Waals surface area contributed by atoms with Gasteiger partial charge in [0.05, 0.1) is 11.0 Å². The van der Waals surface area contributed by atoms with Gasteiger partial charge in [-0.25, -0.2) is 4.98 Å². The highest BCUT2D eigenvalue weighted by Gasteiger charge is 2.17. The molecule has 0 radical (unpaired) electrons. The lowest BCUT2D eigenvalue weighted by molar-refractivity contribution is 0.285. The molecule has 0 amide bonds. The first-order valence-electron chi connectivity index (χ1n) is 8.75. The lowest BCUT2D eigenvalue weighted by Crippen LogP contribution is -2.31. The SMILES string of the molecule is Cc1cccc(CN2CCCN(c3nc4ccccc4[nH]3)CC2)c1. The smallest absolute Gasteiger partial charge is 0.203 e. The van der Waals surface area contributed by atoms with Crippen molar-refractivity contribution in [2.75, 3.05) is 31.1 Å². The second-order valence-electron chi connectivity index (χ2n) is 6.68. The van der Waals surface area contributed by atoms with Gasteiger partial charge in [0.1, 0.15) is 0 Å². The van der Waals surface area contributed by atoms with Crippen molar-refractivity contribution in [2.24, 2.45) is 0 Å². The fraction of sp³-hybridized carbons (Fsp3) is 0.350. The number of hydrogen-bond acceptors (Lipinski definition) is 3. The van der Waals surface area contributed by atoms with Gasteiger partial charge in [0.25, 0.3) is 0 Å². The van der Waals surface area contributed by atoms with Crippen LogP contribution in [0.25, 0.3) is 11.0 Å². The van der Waals surface area contributed by atoms with E-state index in [-0.39, 0.29) is 0 Å². The molecular weight excluding hydrogens is 296 g/mol. The molecule has 0 spiro atoms. The van der Waals surface area contributed by atoms with E-state index in [0.717, 1.165) is 49.7 Å². The average molecular weight is 320 g/mol. The third kappa shape index (κ3) is 3.29. The van der Waals surface area contributed by atoms with Gasteiger partial charge < -0.3 is 9.88 Å². The summed E-state index contributed by atoms with van der Waals surface area (Å²) >= 11 is 0. The summed E-state index contributed by atoms with van der Waals surface area (Å²) in [5, 5.41) is 0. The normalized spacial score (nSPS) is 16.5. The second kappa shape index (κ2) is 6.65. The molecule has 1 aromatic heterocycles. The molecule has 0 unspecified atom stereocenters. The number of H-pyrrole nitrogens is 1. The third-order valence-corrected chi connectivity index (χ3v) is 4.75. The van der Waals surface area contributed by atoms with E-state index in [1.807, 2.05) is 6.07 Å². The zero-order valence-electron chi connectivity index (χ0n) is 14.2. The van der Waals surface area contributed by atoms with E-state index in [0.29, 0.717) is 0 Å². The van der Waals surface area contributed by atoms with Crippen molar-refractivity contribution in [3.8, 4) is 0 Å². The molecule has 4 nitrogen and oxygen atoms in total. The molecule has 0 bridgehead atoms. The largest absolute Gasteiger partial charge is 0.341 e. The van der Waals surface area contributed by atoms with E-state index in [9.17, 15) is 0 Å². The number of hydrogen-bond donors (Lipinski definition) is 1. The predicted molar refractivity (Wildman–Crippen MR) is 99.4 cm³/mol. The molecule has 2 heterocycles. The molecule has 0 saturated carbocycles. The van der Waals surface area contributed by atoms with Gasteiger partial charge in [0, 0.05) is 32.7 Å². The zero-order chi connectivity index (χ0) is 16.4. The Hall–Kier alpha value is -2.33. The van der Waals surface area contributed by atoms with Crippen LogP contribution in [0.1, 0.15) is 17.5 Å². The summed E-state index contributed by atoms with van der Waals surface area (Å²) in [6.45, 7) is 7.50. The van der Waals surface area contributed by atoms with Crippen LogP contribution in [0.15, 0.2) is 48.5 Å². The van der Waals surface area contributed by atoms with Gasteiger partial charge in [-0.05, 0) is 31.0 Å². The molecule has 1 N–H and O–H groups in total. The van der Waals surface area contributed by atoms with Gasteiger partial charge in [-0.1, -0.05) is 42.0 Å². The van der Waals surface area contributed by atoms with Crippen LogP contribution in [0, 0.1) is 6.92 Å². The quantitative estimate of drug-likeness (QED) is 0.801. The van der Waals surface area contributed by atoms with Crippen LogP contribution in [0.3, 0.4) is 0 Å². The van der Waals surface area contributed by atoms with Crippen LogP contribution in [0.2, 0.25) is 0 Å². The number of imidazole rings is 1. The number of aromatic amines is 1. The number of rotatable bonds is 3. The van der Waals surface area contributed by atoms with Crippen molar-refractivity contribution in [3.63, 3.8) is 0 Å². The Kier molecular flexibility index (Phi) is 4.22. The molecular formula is C20H24N4. The van der Waals surface area contributed by atoms with E-state index in [1.54, 1.807) is 0 Å². The maximum atomic E-state index is 4.75. The van der Waals surface area contributed by atoms with Crippen LogP contribution >= 0.6 is 0 Å². The van der Waals surface area contributed by atoms with Crippen LogP contribution in [0.5, 0.6) is 0 Å². The van der Waals surface area contributed by atoms with Crippen molar-refractivity contribution in [3.05, 3.63) is 59.7 Å². The minimum absolute atomic E-state index is 1.01. The van der Waals surface area contributed by atoms with Gasteiger partial charge in [-0.2, -0.15) is 0 Å². The average Bonchev–Trinajstić information content (AvgIpc) is 2.88. The van der Waals surface area contributed by atoms with Crippen molar-refractivity contribution in [1.82, 2.24) is 14.9 Å². The summed E-state index contributed by atoms with van der Waals surface area (Å²) in [6.07, 6.45) is 1.17. The van der Waals surface area contributed by atoms with E-state index < -0.39 is 0 Å². The standard InChI is InChI=1S/C20H24N4/c1-16-6-4-7-17(14-16)15-23-10-5-11-24(13-12-23)20-21-18-8-2-3-9-19(18)22-20/h2-4,6-9,14H,5,10-13,15H2,1H3,(H,21,22). The minimum Gasteiger partial charge on any atom is -0.341 e. The van der Waals surface area contributed by atoms with Gasteiger partial charge in [-0.15, -0.1) is 0 Å². The molecule has 1 aliphatic rings. The Balaban J connectivity index is 1.44. The summed E-state index contributed by atoms with van der Waals surface area (Å²) in [5.74, 6) is 1.01. The molecule has 0 atom stereocenters. The Morgan fingerprint density at radius 2 is 1.92 bits per heavy atom. The van der Waals surface area contributed by atoms with Crippen molar-refractivity contribution >= 4 is 17.0 Å². The summed E-state index contributed by atoms with van der Waals surface area (Å²) < 4.78 is 0. The molecule has 1 fully saturated rings. The van der Waals surface area contributed by atoms with Crippen molar-refractivity contribution in [2.45, 2.75) is 19.9 Å². The van der Waals surface area contributed by atoms with Crippen LogP contribution < -0.4 is 4.90 Å². The fourth-order valence-electron chi connectivity index (χ4n) is 3.50. The maximum absolute atomic E-state index is 4.75. The number of nitrogens with zero attached hydrogens (tertiary/aromatic N) is 3. The Bertz CT molecular complexity index is 790. The highest BCUT2D eigenvalue weighted by Crippen LogP contribution is 2.19. The monoisotopic (exact) mass is 320 g/mol. The second-order valence-corrected chi connectivity index (χ2v) is 6.68. The molecule has 0 aliphatic carbocycles. The Labute approximate surface area is 143 Å². The number of anilines is 1. The van der Waals surface area contributed by atoms with Gasteiger partial charge >= 0.3 is 0 Å². The van der Waals surface area contributed by atoms with E-state index in [1.165, 1.54) is 17.5 Å². The van der Waals surface area contributed by atoms with Crippen molar-refractivity contribution in [1.29, 1.82) is 0 Å². The first-order chi connectivity index (χ1) is 11.8. The number of nitrogens with one attached hydrogen (secondary N) is 1. The molecule has 1 aliphatic heterocycles. The summed E-state index contributed by atoms with van der Waals surface area (Å²) in [6, 6.07) is 17.1. The molecule has 1 saturated heterocycles. The Morgan fingerprint density at radius 1 is 1.00 bits per heavy atom. The van der Waals surface area contributed by atoms with E-state index in [4.69, 9.17) is 4.98 Å². The highest BCUT2D eigenvalue weighted by molar-refractivity contribution is 5.77. The number of aromatic nitrogens is 2. The van der Waals surface area contributed by atoms with Gasteiger partial charge in [0.2, 0.25) is 5.95 Å². The molecule has 4 heteroatoms. The fourth-order valence-corrected chi connectivity index (χ4v) is 3.50. The minimum atomic E-state index is 1.01. The summed E-state index contributed by atoms with van der Waals surface area (Å²) in [4.78, 5) is 13.2. The van der Waals surface area contributed by atoms with E-state index >= 15 is 0 Å². The molecule has 3 aromatic rings. The Morgan fingerprint density at radius 3 is 2.79 bits per heavy atom. The lowest BCUT2D eigenvalue weighted by Gasteiger charge is -2.21. The van der Waals surface area contributed by atoms with Gasteiger partial charge in [0.15, 0.2) is 0 Å². The maximum Gasteiger partial charge on any atom is 0.203 e. The van der Waals surface area contributed by atoms with Crippen molar-refractivity contribution < 1.29 is 0 Å². The number of benzene rings is 2. The van der Waals surface area contributed by atoms with Crippen LogP contribution in [-0.2, 0) is 6.54 Å². The van der Waals surface area contributed by atoms with Crippen LogP contribution in [0.4, 0.5) is 5.95 Å². The highest BCUT2D eigenvalue weighted by atomic mass is 15.3. The zero-order valence-corrected chi connectivity index (χ0v) is 14.2. The number of fused-ring (bicyclic) bond motifs is 1. The first kappa shape index (κ1) is 15.2. The first-order valence-corrected chi connectivity index (χ1v) is 8.75. The summed E-state index contributed by atoms with van der Waals surface area (Å²) in [7, 11) is 0. The molecule has 4 rings (SSSR count). The molecule has 24 heavy (non-hydrogen) atoms. The summed E-state index contributed by atoms with van der Waals surface area (Å²) in [5.41, 5.74) is 4.92. The predicted octanol–water partition coefficient (Wildman–Crippen LogP) is 3.58. The van der Waals surface area contributed by atoms with Gasteiger partial charge in [-0.3, -0.25) is 4.90 Å². The van der Waals surface area contributed by atoms with Crippen LogP contribution in [-0.4, -0.2) is 41.0 Å². The lowest BCUT2D eigenvalue weighted by atomic mass is 10.1. The number of para-hydroxylation sites is 2. The molecule has 2 aromatic carbocycles.